The number of nitrogens with zero attached hydrogens (tertiary/aromatic N) is 1. The minimum atomic E-state index is -0.626. The summed E-state index contributed by atoms with van der Waals surface area (Å²) in [6.07, 6.45) is -0.0374. The summed E-state index contributed by atoms with van der Waals surface area (Å²) in [6.45, 7) is 0.404. The molecule has 0 aromatic heterocycles. The van der Waals surface area contributed by atoms with Gasteiger partial charge in [0.1, 0.15) is 6.04 Å². The Morgan fingerprint density at radius 1 is 1.39 bits per heavy atom. The molecule has 1 aromatic carbocycles. The highest BCUT2D eigenvalue weighted by Gasteiger charge is 2.35. The SMILES string of the molecule is NC(=O)CC1NC(=S)N(Cc2ccccc2)C1=O. The van der Waals surface area contributed by atoms with Gasteiger partial charge in [-0.05, 0) is 17.8 Å². The van der Waals surface area contributed by atoms with E-state index in [2.05, 4.69) is 5.32 Å². The fraction of sp³-hybridized carbons (Fsp3) is 0.250. The smallest absolute Gasteiger partial charge is 0.252 e. The number of nitrogens with one attached hydrogen (secondary N) is 1. The summed E-state index contributed by atoms with van der Waals surface area (Å²) in [5.74, 6) is -0.729. The molecule has 1 saturated heterocycles. The molecular formula is C12H13N3O2S. The summed E-state index contributed by atoms with van der Waals surface area (Å²) in [7, 11) is 0. The minimum absolute atomic E-state index is 0.0374. The van der Waals surface area contributed by atoms with Gasteiger partial charge in [-0.15, -0.1) is 0 Å². The Hall–Kier alpha value is -1.95. The van der Waals surface area contributed by atoms with Crippen molar-refractivity contribution in [2.45, 2.75) is 19.0 Å². The molecule has 0 aliphatic carbocycles. The van der Waals surface area contributed by atoms with Gasteiger partial charge in [-0.3, -0.25) is 14.5 Å². The van der Waals surface area contributed by atoms with E-state index in [-0.39, 0.29) is 12.3 Å². The summed E-state index contributed by atoms with van der Waals surface area (Å²) >= 11 is 5.09. The summed E-state index contributed by atoms with van der Waals surface area (Å²) in [4.78, 5) is 24.3. The van der Waals surface area contributed by atoms with Gasteiger partial charge >= 0.3 is 0 Å². The molecule has 3 N–H and O–H groups in total. The van der Waals surface area contributed by atoms with Crippen LogP contribution in [0.25, 0.3) is 0 Å². The van der Waals surface area contributed by atoms with E-state index >= 15 is 0 Å². The second kappa shape index (κ2) is 5.14. The third-order valence-corrected chi connectivity index (χ3v) is 3.03. The summed E-state index contributed by atoms with van der Waals surface area (Å²) in [5.41, 5.74) is 6.07. The van der Waals surface area contributed by atoms with Crippen molar-refractivity contribution < 1.29 is 9.59 Å². The fourth-order valence-corrected chi connectivity index (χ4v) is 2.13. The highest BCUT2D eigenvalue weighted by atomic mass is 32.1. The molecule has 1 aromatic rings. The zero-order chi connectivity index (χ0) is 13.1. The van der Waals surface area contributed by atoms with Crippen LogP contribution in [0.2, 0.25) is 0 Å². The molecule has 0 saturated carbocycles. The van der Waals surface area contributed by atoms with Gasteiger partial charge in [0.2, 0.25) is 5.91 Å². The second-order valence-electron chi connectivity index (χ2n) is 4.08. The van der Waals surface area contributed by atoms with Gasteiger partial charge in [0.25, 0.3) is 5.91 Å². The lowest BCUT2D eigenvalue weighted by Gasteiger charge is -2.14. The van der Waals surface area contributed by atoms with E-state index in [0.717, 1.165) is 5.56 Å². The lowest BCUT2D eigenvalue weighted by Crippen LogP contribution is -2.34. The van der Waals surface area contributed by atoms with Crippen molar-refractivity contribution in [1.29, 1.82) is 0 Å². The molecule has 1 heterocycles. The normalized spacial score (nSPS) is 18.9. The van der Waals surface area contributed by atoms with Crippen LogP contribution in [0.15, 0.2) is 30.3 Å². The Bertz CT molecular complexity index is 489. The van der Waals surface area contributed by atoms with Crippen molar-refractivity contribution in [3.8, 4) is 0 Å². The zero-order valence-corrected chi connectivity index (χ0v) is 10.4. The predicted octanol–water partition coefficient (Wildman–Crippen LogP) is 0.147. The van der Waals surface area contributed by atoms with Crippen LogP contribution >= 0.6 is 12.2 Å². The Morgan fingerprint density at radius 2 is 2.06 bits per heavy atom. The number of amides is 2. The van der Waals surface area contributed by atoms with Gasteiger partial charge in [-0.25, -0.2) is 0 Å². The standard InChI is InChI=1S/C12H13N3O2S/c13-10(16)6-9-11(17)15(12(18)14-9)7-8-4-2-1-3-5-8/h1-5,9H,6-7H2,(H2,13,16)(H,14,18). The molecule has 1 atom stereocenters. The van der Waals surface area contributed by atoms with Crippen molar-refractivity contribution in [2.24, 2.45) is 5.73 Å². The average Bonchev–Trinajstić information content (AvgIpc) is 2.58. The number of nitrogens with two attached hydrogens (primary N) is 1. The molecule has 1 aliphatic rings. The Labute approximate surface area is 110 Å². The first-order chi connectivity index (χ1) is 8.58. The maximum Gasteiger partial charge on any atom is 0.252 e. The van der Waals surface area contributed by atoms with Crippen LogP contribution in [0.4, 0.5) is 0 Å². The zero-order valence-electron chi connectivity index (χ0n) is 9.63. The quantitative estimate of drug-likeness (QED) is 0.758. The highest BCUT2D eigenvalue weighted by molar-refractivity contribution is 7.80. The maximum atomic E-state index is 12.0. The summed E-state index contributed by atoms with van der Waals surface area (Å²) in [6, 6.07) is 8.90. The van der Waals surface area contributed by atoms with E-state index in [0.29, 0.717) is 11.7 Å². The van der Waals surface area contributed by atoms with Crippen molar-refractivity contribution in [2.75, 3.05) is 0 Å². The van der Waals surface area contributed by atoms with Crippen LogP contribution in [0.3, 0.4) is 0 Å². The number of rotatable bonds is 4. The predicted molar refractivity (Wildman–Crippen MR) is 70.3 cm³/mol. The molecule has 94 valence electrons. The number of thiocarbonyl (C=S) groups is 1. The van der Waals surface area contributed by atoms with Crippen LogP contribution in [-0.4, -0.2) is 27.9 Å². The van der Waals surface area contributed by atoms with Crippen LogP contribution in [0, 0.1) is 0 Å². The molecule has 5 nitrogen and oxygen atoms in total. The molecule has 1 fully saturated rings. The molecule has 1 aliphatic heterocycles. The van der Waals surface area contributed by atoms with E-state index in [1.807, 2.05) is 30.3 Å². The fourth-order valence-electron chi connectivity index (χ4n) is 1.83. The highest BCUT2D eigenvalue weighted by Crippen LogP contribution is 2.13. The van der Waals surface area contributed by atoms with Gasteiger partial charge in [0, 0.05) is 0 Å². The lowest BCUT2D eigenvalue weighted by molar-refractivity contribution is -0.130. The number of benzene rings is 1. The van der Waals surface area contributed by atoms with Gasteiger partial charge in [-0.2, -0.15) is 0 Å². The van der Waals surface area contributed by atoms with E-state index in [1.165, 1.54) is 4.90 Å². The number of hydrogen-bond acceptors (Lipinski definition) is 3. The molecular weight excluding hydrogens is 250 g/mol. The van der Waals surface area contributed by atoms with Crippen LogP contribution < -0.4 is 11.1 Å². The first kappa shape index (κ1) is 12.5. The summed E-state index contributed by atoms with van der Waals surface area (Å²) in [5, 5.41) is 3.15. The Morgan fingerprint density at radius 3 is 2.67 bits per heavy atom. The molecule has 6 heteroatoms. The van der Waals surface area contributed by atoms with Crippen molar-refractivity contribution >= 4 is 29.1 Å². The molecule has 2 amide bonds. The van der Waals surface area contributed by atoms with Crippen LogP contribution in [0.1, 0.15) is 12.0 Å². The molecule has 0 bridgehead atoms. The van der Waals surface area contributed by atoms with Crippen molar-refractivity contribution in [3.63, 3.8) is 0 Å². The topological polar surface area (TPSA) is 75.4 Å². The maximum absolute atomic E-state index is 12.0. The number of carbonyl (C=O) groups is 2. The van der Waals surface area contributed by atoms with Crippen molar-refractivity contribution in [3.05, 3.63) is 35.9 Å². The van der Waals surface area contributed by atoms with Crippen LogP contribution in [-0.2, 0) is 16.1 Å². The van der Waals surface area contributed by atoms with Gasteiger partial charge in [0.15, 0.2) is 5.11 Å². The number of hydrogen-bond donors (Lipinski definition) is 2. The molecule has 18 heavy (non-hydrogen) atoms. The lowest BCUT2D eigenvalue weighted by atomic mass is 10.2. The Balaban J connectivity index is 2.08. The third kappa shape index (κ3) is 2.65. The summed E-state index contributed by atoms with van der Waals surface area (Å²) < 4.78 is 0. The molecule has 1 unspecified atom stereocenters. The van der Waals surface area contributed by atoms with E-state index in [4.69, 9.17) is 18.0 Å². The number of carbonyl (C=O) groups excluding carboxylic acids is 2. The van der Waals surface area contributed by atoms with Gasteiger partial charge < -0.3 is 11.1 Å². The molecule has 0 spiro atoms. The van der Waals surface area contributed by atoms with Crippen molar-refractivity contribution in [1.82, 2.24) is 10.2 Å². The minimum Gasteiger partial charge on any atom is -0.370 e. The largest absolute Gasteiger partial charge is 0.370 e. The first-order valence-corrected chi connectivity index (χ1v) is 5.93. The molecule has 2 rings (SSSR count). The van der Waals surface area contributed by atoms with E-state index < -0.39 is 11.9 Å². The second-order valence-corrected chi connectivity index (χ2v) is 4.47. The first-order valence-electron chi connectivity index (χ1n) is 5.52. The average molecular weight is 263 g/mol. The monoisotopic (exact) mass is 263 g/mol. The van der Waals surface area contributed by atoms with E-state index in [9.17, 15) is 9.59 Å². The van der Waals surface area contributed by atoms with Gasteiger partial charge in [-0.1, -0.05) is 30.3 Å². The van der Waals surface area contributed by atoms with Gasteiger partial charge in [0.05, 0.1) is 13.0 Å². The van der Waals surface area contributed by atoms with E-state index in [1.54, 1.807) is 0 Å². The molecule has 0 radical (unpaired) electrons. The van der Waals surface area contributed by atoms with Crippen LogP contribution in [0.5, 0.6) is 0 Å². The Kier molecular flexibility index (Phi) is 3.57. The third-order valence-electron chi connectivity index (χ3n) is 2.70. The number of primary amides is 1.